The first kappa shape index (κ1) is 495. The standard InChI is InChI=1S/6H2O.Ti.Zn/h6*1H2;;/q;;;;;;+4;+2/p-6. The Morgan fingerprint density at radius 2 is 0.375 bits per heavy atom. The Morgan fingerprint density at radius 1 is 0.375 bits per heavy atom. The molecule has 0 aliphatic carbocycles. The van der Waals surface area contributed by atoms with Crippen molar-refractivity contribution in [3.05, 3.63) is 0 Å². The van der Waals surface area contributed by atoms with Crippen LogP contribution < -0.4 is 0 Å². The van der Waals surface area contributed by atoms with Crippen LogP contribution in [0.2, 0.25) is 0 Å². The molecule has 0 bridgehead atoms. The Bertz CT molecular complexity index is 8.49. The molecule has 8 heavy (non-hydrogen) atoms. The van der Waals surface area contributed by atoms with Gasteiger partial charge in [-0.15, -0.1) is 0 Å². The molecule has 0 amide bonds. The fourth-order valence-corrected chi connectivity index (χ4v) is 0. The van der Waals surface area contributed by atoms with Crippen molar-refractivity contribution in [2.75, 3.05) is 0 Å². The molecule has 0 atom stereocenters. The Morgan fingerprint density at radius 3 is 0.375 bits per heavy atom. The molecular formula is H6O6TiZn. The van der Waals surface area contributed by atoms with Crippen LogP contribution in [0.25, 0.3) is 0 Å². The third kappa shape index (κ3) is 219. The van der Waals surface area contributed by atoms with E-state index in [4.69, 9.17) is 0 Å². The summed E-state index contributed by atoms with van der Waals surface area (Å²) in [6.45, 7) is 0. The van der Waals surface area contributed by atoms with Crippen molar-refractivity contribution >= 4 is 0 Å². The third-order valence-corrected chi connectivity index (χ3v) is 0. The summed E-state index contributed by atoms with van der Waals surface area (Å²) in [5.74, 6) is 0. The van der Waals surface area contributed by atoms with Gasteiger partial charge < -0.3 is 32.9 Å². The molecule has 0 fully saturated rings. The van der Waals surface area contributed by atoms with Crippen LogP contribution in [0.15, 0.2) is 0 Å². The molecule has 6 nitrogen and oxygen atoms in total. The van der Waals surface area contributed by atoms with E-state index in [-0.39, 0.29) is 74.1 Å². The van der Waals surface area contributed by atoms with E-state index in [0.717, 1.165) is 0 Å². The third-order valence-electron chi connectivity index (χ3n) is 0. The SMILES string of the molecule is [OH-].[OH-].[OH-].[OH-].[OH-].[OH-].[Ti+4].[Zn+2]. The second-order valence-electron chi connectivity index (χ2n) is 0. The molecule has 0 saturated carbocycles. The van der Waals surface area contributed by atoms with Gasteiger partial charge in [0.05, 0.1) is 0 Å². The van der Waals surface area contributed by atoms with Crippen molar-refractivity contribution in [2.45, 2.75) is 0 Å². The van der Waals surface area contributed by atoms with Gasteiger partial charge in [0, 0.05) is 0 Å². The molecular weight excluding hydrogens is 209 g/mol. The van der Waals surface area contributed by atoms with Gasteiger partial charge in [-0.3, -0.25) is 0 Å². The largest absolute Gasteiger partial charge is 4.00 e. The van der Waals surface area contributed by atoms with Crippen molar-refractivity contribution in [3.8, 4) is 0 Å². The molecule has 0 aliphatic heterocycles. The van der Waals surface area contributed by atoms with Crippen molar-refractivity contribution in [2.24, 2.45) is 0 Å². The van der Waals surface area contributed by atoms with E-state index in [9.17, 15) is 0 Å². The van der Waals surface area contributed by atoms with Gasteiger partial charge in [-0.05, 0) is 0 Å². The van der Waals surface area contributed by atoms with Gasteiger partial charge in [0.2, 0.25) is 0 Å². The normalized spacial score (nSPS) is 0. The van der Waals surface area contributed by atoms with Crippen LogP contribution in [0, 0.1) is 0 Å². The molecule has 0 rings (SSSR count). The fraction of sp³-hybridized carbons (Fsp3) is 0. The van der Waals surface area contributed by atoms with E-state index in [2.05, 4.69) is 0 Å². The predicted octanol–water partition coefficient (Wildman–Crippen LogP) is -1.07. The summed E-state index contributed by atoms with van der Waals surface area (Å²) in [4.78, 5) is 0. The number of hydrogen-bond acceptors (Lipinski definition) is 6. The molecule has 0 aliphatic rings. The molecule has 0 aromatic carbocycles. The van der Waals surface area contributed by atoms with Gasteiger partial charge in [0.1, 0.15) is 0 Å². The molecule has 6 N–H and O–H groups in total. The monoisotopic (exact) mass is 214 g/mol. The molecule has 0 spiro atoms. The van der Waals surface area contributed by atoms with Crippen molar-refractivity contribution in [1.29, 1.82) is 0 Å². The van der Waals surface area contributed by atoms with Crippen LogP contribution in [-0.2, 0) is 41.2 Å². The molecule has 0 radical (unpaired) electrons. The first-order valence-corrected chi connectivity index (χ1v) is 0. The maximum absolute atomic E-state index is 0. The Balaban J connectivity index is 0. The zero-order chi connectivity index (χ0) is 0. The van der Waals surface area contributed by atoms with Crippen molar-refractivity contribution < 1.29 is 74.1 Å². The maximum Gasteiger partial charge on any atom is 4.00 e. The van der Waals surface area contributed by atoms with Gasteiger partial charge in [0.25, 0.3) is 0 Å². The Kier molecular flexibility index (Phi) is 21000. The van der Waals surface area contributed by atoms with Gasteiger partial charge in [-0.2, -0.15) is 0 Å². The van der Waals surface area contributed by atoms with Crippen LogP contribution in [0.4, 0.5) is 0 Å². The van der Waals surface area contributed by atoms with Crippen LogP contribution >= 0.6 is 0 Å². The van der Waals surface area contributed by atoms with Crippen molar-refractivity contribution in [1.82, 2.24) is 0 Å². The zero-order valence-electron chi connectivity index (χ0n) is 3.89. The number of hydrogen-bond donors (Lipinski definition) is 0. The summed E-state index contributed by atoms with van der Waals surface area (Å²) in [6.07, 6.45) is 0. The molecule has 8 heteroatoms. The number of rotatable bonds is 0. The quantitative estimate of drug-likeness (QED) is 0.463. The fourth-order valence-electron chi connectivity index (χ4n) is 0. The molecule has 0 aromatic heterocycles. The molecule has 0 heterocycles. The predicted molar refractivity (Wildman–Crippen MR) is 11.6 cm³/mol. The minimum atomic E-state index is 0. The molecule has 0 aromatic rings. The van der Waals surface area contributed by atoms with Crippen LogP contribution in [0.5, 0.6) is 0 Å². The van der Waals surface area contributed by atoms with Crippen LogP contribution in [-0.4, -0.2) is 32.9 Å². The molecule has 48 valence electrons. The first-order valence-electron chi connectivity index (χ1n) is 0. The van der Waals surface area contributed by atoms with Gasteiger partial charge in [0.15, 0.2) is 0 Å². The zero-order valence-corrected chi connectivity index (χ0v) is 8.42. The average Bonchev–Trinajstić information content (AvgIpc) is 0. The summed E-state index contributed by atoms with van der Waals surface area (Å²) in [5.41, 5.74) is 0. The first-order chi connectivity index (χ1) is 0. The van der Waals surface area contributed by atoms with Gasteiger partial charge in [-0.1, -0.05) is 0 Å². The van der Waals surface area contributed by atoms with E-state index < -0.39 is 0 Å². The summed E-state index contributed by atoms with van der Waals surface area (Å²) in [6, 6.07) is 0. The van der Waals surface area contributed by atoms with E-state index in [1.54, 1.807) is 0 Å². The smallest absolute Gasteiger partial charge is 0.870 e. The van der Waals surface area contributed by atoms with Gasteiger partial charge >= 0.3 is 41.2 Å². The molecule has 0 saturated heterocycles. The van der Waals surface area contributed by atoms with E-state index in [0.29, 0.717) is 0 Å². The topological polar surface area (TPSA) is 180 Å². The maximum atomic E-state index is 0. The second-order valence-corrected chi connectivity index (χ2v) is 0. The molecule has 0 unspecified atom stereocenters. The summed E-state index contributed by atoms with van der Waals surface area (Å²) in [7, 11) is 0. The van der Waals surface area contributed by atoms with Crippen LogP contribution in [0.3, 0.4) is 0 Å². The second kappa shape index (κ2) is 339. The van der Waals surface area contributed by atoms with Crippen LogP contribution in [0.1, 0.15) is 0 Å². The van der Waals surface area contributed by atoms with E-state index >= 15 is 0 Å². The van der Waals surface area contributed by atoms with Crippen molar-refractivity contribution in [3.63, 3.8) is 0 Å². The van der Waals surface area contributed by atoms with Gasteiger partial charge in [-0.25, -0.2) is 0 Å². The van der Waals surface area contributed by atoms with E-state index in [1.165, 1.54) is 0 Å². The van der Waals surface area contributed by atoms with E-state index in [1.807, 2.05) is 0 Å². The summed E-state index contributed by atoms with van der Waals surface area (Å²) >= 11 is 0. The average molecular weight is 215 g/mol. The minimum Gasteiger partial charge on any atom is -0.870 e. The Hall–Kier alpha value is 1.10. The Labute approximate surface area is 74.1 Å². The summed E-state index contributed by atoms with van der Waals surface area (Å²) in [5, 5.41) is 0. The minimum absolute atomic E-state index is 0. The summed E-state index contributed by atoms with van der Waals surface area (Å²) < 4.78 is 0.